The maximum absolute atomic E-state index is 12.0. The van der Waals surface area contributed by atoms with Gasteiger partial charge in [0.2, 0.25) is 11.8 Å². The zero-order chi connectivity index (χ0) is 19.7. The van der Waals surface area contributed by atoms with Gasteiger partial charge in [0.25, 0.3) is 0 Å². The number of hydrogen-bond donors (Lipinski definition) is 3. The molecule has 28 heavy (non-hydrogen) atoms. The van der Waals surface area contributed by atoms with E-state index in [1.54, 1.807) is 13.2 Å². The van der Waals surface area contributed by atoms with Gasteiger partial charge in [-0.1, -0.05) is 51.1 Å². The number of nitrogens with one attached hydrogen (secondary N) is 3. The number of nitrogens with zero attached hydrogens (tertiary/aromatic N) is 2. The van der Waals surface area contributed by atoms with Gasteiger partial charge in [0, 0.05) is 19.0 Å². The van der Waals surface area contributed by atoms with E-state index in [1.165, 1.54) is 5.56 Å². The molecule has 0 atom stereocenters. The number of hydrogen-bond acceptors (Lipinski definition) is 4. The Bertz CT molecular complexity index is 753. The second-order valence-corrected chi connectivity index (χ2v) is 7.23. The predicted octanol–water partition coefficient (Wildman–Crippen LogP) is 2.61. The SMILES string of the molecule is CN=C(NCC(=O)NCCc1ccccc1)NCc1ncc(C(C)(C)C)o1.I. The van der Waals surface area contributed by atoms with Crippen LogP contribution in [0.15, 0.2) is 45.9 Å². The number of guanidine groups is 1. The number of aromatic nitrogens is 1. The van der Waals surface area contributed by atoms with Crippen molar-refractivity contribution in [3.63, 3.8) is 0 Å². The summed E-state index contributed by atoms with van der Waals surface area (Å²) in [6, 6.07) is 10.1. The standard InChI is InChI=1S/C20H29N5O2.HI/c1-20(2,3)16-12-23-18(27-16)14-25-19(21-4)24-13-17(26)22-11-10-15-8-6-5-7-9-15;/h5-9,12H,10-11,13-14H2,1-4H3,(H,22,26)(H2,21,24,25);1H. The van der Waals surface area contributed by atoms with Crippen LogP contribution in [0.1, 0.15) is 38.0 Å². The van der Waals surface area contributed by atoms with Crippen LogP contribution < -0.4 is 16.0 Å². The molecule has 2 rings (SSSR count). The molecule has 2 aromatic rings. The Morgan fingerprint density at radius 1 is 1.14 bits per heavy atom. The number of carbonyl (C=O) groups excluding carboxylic acids is 1. The minimum Gasteiger partial charge on any atom is -0.443 e. The molecule has 0 saturated carbocycles. The van der Waals surface area contributed by atoms with Crippen molar-refractivity contribution < 1.29 is 9.21 Å². The van der Waals surface area contributed by atoms with Crippen molar-refractivity contribution in [1.29, 1.82) is 0 Å². The van der Waals surface area contributed by atoms with Crippen LogP contribution in [0, 0.1) is 0 Å². The molecule has 0 radical (unpaired) electrons. The van der Waals surface area contributed by atoms with Crippen LogP contribution in [0.2, 0.25) is 0 Å². The molecule has 3 N–H and O–H groups in total. The molecule has 1 heterocycles. The van der Waals surface area contributed by atoms with Crippen LogP contribution in [0.25, 0.3) is 0 Å². The normalized spacial score (nSPS) is 11.5. The summed E-state index contributed by atoms with van der Waals surface area (Å²) < 4.78 is 5.73. The Hall–Kier alpha value is -2.10. The third-order valence-electron chi connectivity index (χ3n) is 3.92. The lowest BCUT2D eigenvalue weighted by Crippen LogP contribution is -2.43. The highest BCUT2D eigenvalue weighted by Crippen LogP contribution is 2.22. The molecular weight excluding hydrogens is 469 g/mol. The first-order chi connectivity index (χ1) is 12.9. The topological polar surface area (TPSA) is 91.5 Å². The Labute approximate surface area is 183 Å². The third kappa shape index (κ3) is 8.28. The average Bonchev–Trinajstić information content (AvgIpc) is 3.12. The highest BCUT2D eigenvalue weighted by molar-refractivity contribution is 14.0. The zero-order valence-corrected chi connectivity index (χ0v) is 19.2. The largest absolute Gasteiger partial charge is 0.443 e. The molecule has 0 aliphatic rings. The first-order valence-corrected chi connectivity index (χ1v) is 9.09. The summed E-state index contributed by atoms with van der Waals surface area (Å²) in [6.45, 7) is 7.35. The summed E-state index contributed by atoms with van der Waals surface area (Å²) in [5, 5.41) is 8.96. The van der Waals surface area contributed by atoms with Crippen LogP contribution in [0.5, 0.6) is 0 Å². The van der Waals surface area contributed by atoms with Gasteiger partial charge in [-0.05, 0) is 12.0 Å². The van der Waals surface area contributed by atoms with Crippen molar-refractivity contribution in [2.75, 3.05) is 20.1 Å². The van der Waals surface area contributed by atoms with Gasteiger partial charge >= 0.3 is 0 Å². The number of rotatable bonds is 7. The Kier molecular flexibility index (Phi) is 9.98. The lowest BCUT2D eigenvalue weighted by atomic mass is 9.94. The number of halogens is 1. The molecule has 8 heteroatoms. The van der Waals surface area contributed by atoms with E-state index < -0.39 is 0 Å². The Morgan fingerprint density at radius 3 is 2.46 bits per heavy atom. The second kappa shape index (κ2) is 11.7. The van der Waals surface area contributed by atoms with Crippen molar-refractivity contribution >= 4 is 35.8 Å². The fourth-order valence-electron chi connectivity index (χ4n) is 2.34. The number of benzene rings is 1. The molecule has 0 spiro atoms. The van der Waals surface area contributed by atoms with E-state index in [2.05, 4.69) is 46.7 Å². The van der Waals surface area contributed by atoms with Gasteiger partial charge in [-0.15, -0.1) is 24.0 Å². The highest BCUT2D eigenvalue weighted by Gasteiger charge is 2.19. The quantitative estimate of drug-likeness (QED) is 0.310. The second-order valence-electron chi connectivity index (χ2n) is 7.23. The first kappa shape index (κ1) is 23.9. The molecule has 1 aromatic heterocycles. The average molecular weight is 499 g/mol. The summed E-state index contributed by atoms with van der Waals surface area (Å²) in [4.78, 5) is 20.3. The summed E-state index contributed by atoms with van der Waals surface area (Å²) in [7, 11) is 1.65. The predicted molar refractivity (Wildman–Crippen MR) is 122 cm³/mol. The summed E-state index contributed by atoms with van der Waals surface area (Å²) >= 11 is 0. The number of carbonyl (C=O) groups is 1. The fourth-order valence-corrected chi connectivity index (χ4v) is 2.34. The zero-order valence-electron chi connectivity index (χ0n) is 16.9. The van der Waals surface area contributed by atoms with Gasteiger partial charge < -0.3 is 20.4 Å². The molecule has 0 bridgehead atoms. The van der Waals surface area contributed by atoms with E-state index in [1.807, 2.05) is 30.3 Å². The minimum absolute atomic E-state index is 0. The molecular formula is C20H30IN5O2. The Morgan fingerprint density at radius 2 is 1.86 bits per heavy atom. The van der Waals surface area contributed by atoms with Crippen LogP contribution in [-0.4, -0.2) is 37.0 Å². The Balaban J connectivity index is 0.00000392. The monoisotopic (exact) mass is 499 g/mol. The summed E-state index contributed by atoms with van der Waals surface area (Å²) in [6.07, 6.45) is 2.55. The van der Waals surface area contributed by atoms with Gasteiger partial charge in [-0.3, -0.25) is 9.79 Å². The molecule has 1 amide bonds. The van der Waals surface area contributed by atoms with E-state index in [0.29, 0.717) is 24.9 Å². The first-order valence-electron chi connectivity index (χ1n) is 9.09. The summed E-state index contributed by atoms with van der Waals surface area (Å²) in [5.74, 6) is 1.85. The maximum atomic E-state index is 12.0. The molecule has 0 aliphatic carbocycles. The van der Waals surface area contributed by atoms with Crippen molar-refractivity contribution in [3.8, 4) is 0 Å². The number of amides is 1. The molecule has 0 aliphatic heterocycles. The smallest absolute Gasteiger partial charge is 0.239 e. The van der Waals surface area contributed by atoms with E-state index in [9.17, 15) is 4.79 Å². The minimum atomic E-state index is -0.0833. The van der Waals surface area contributed by atoms with E-state index in [4.69, 9.17) is 4.42 Å². The maximum Gasteiger partial charge on any atom is 0.239 e. The van der Waals surface area contributed by atoms with Crippen molar-refractivity contribution in [2.24, 2.45) is 4.99 Å². The van der Waals surface area contributed by atoms with E-state index in [-0.39, 0.29) is 41.8 Å². The van der Waals surface area contributed by atoms with Gasteiger partial charge in [0.15, 0.2) is 5.96 Å². The number of aliphatic imine (C=N–C) groups is 1. The van der Waals surface area contributed by atoms with E-state index >= 15 is 0 Å². The molecule has 7 nitrogen and oxygen atoms in total. The molecule has 154 valence electrons. The number of oxazole rings is 1. The van der Waals surface area contributed by atoms with Crippen LogP contribution in [0.3, 0.4) is 0 Å². The molecule has 1 aromatic carbocycles. The fraction of sp³-hybridized carbons (Fsp3) is 0.450. The van der Waals surface area contributed by atoms with Gasteiger partial charge in [0.05, 0.1) is 19.3 Å². The van der Waals surface area contributed by atoms with Gasteiger partial charge in [0.1, 0.15) is 5.76 Å². The van der Waals surface area contributed by atoms with Crippen LogP contribution in [0.4, 0.5) is 0 Å². The van der Waals surface area contributed by atoms with Gasteiger partial charge in [-0.25, -0.2) is 4.98 Å². The lowest BCUT2D eigenvalue weighted by Gasteiger charge is -2.13. The van der Waals surface area contributed by atoms with Crippen molar-refractivity contribution in [1.82, 2.24) is 20.9 Å². The molecule has 0 unspecified atom stereocenters. The van der Waals surface area contributed by atoms with Crippen molar-refractivity contribution in [3.05, 3.63) is 53.7 Å². The van der Waals surface area contributed by atoms with Crippen molar-refractivity contribution in [2.45, 2.75) is 39.2 Å². The van der Waals surface area contributed by atoms with Crippen LogP contribution >= 0.6 is 24.0 Å². The van der Waals surface area contributed by atoms with Crippen LogP contribution in [-0.2, 0) is 23.2 Å². The molecule has 0 fully saturated rings. The highest BCUT2D eigenvalue weighted by atomic mass is 127. The lowest BCUT2D eigenvalue weighted by molar-refractivity contribution is -0.119. The van der Waals surface area contributed by atoms with E-state index in [0.717, 1.165) is 12.2 Å². The summed E-state index contributed by atoms with van der Waals surface area (Å²) in [5.41, 5.74) is 1.12. The molecule has 0 saturated heterocycles. The third-order valence-corrected chi connectivity index (χ3v) is 3.92. The van der Waals surface area contributed by atoms with Gasteiger partial charge in [-0.2, -0.15) is 0 Å².